The van der Waals surface area contributed by atoms with E-state index in [9.17, 15) is 4.79 Å². The van der Waals surface area contributed by atoms with Crippen LogP contribution in [0.1, 0.15) is 21.6 Å². The van der Waals surface area contributed by atoms with Crippen molar-refractivity contribution in [2.45, 2.75) is 13.1 Å². The summed E-state index contributed by atoms with van der Waals surface area (Å²) in [5, 5.41) is 3.26. The quantitative estimate of drug-likeness (QED) is 0.823. The first-order chi connectivity index (χ1) is 9.29. The molecule has 0 saturated carbocycles. The predicted molar refractivity (Wildman–Crippen MR) is 70.4 cm³/mol. The molecule has 2 aromatic heterocycles. The molecule has 5 nitrogen and oxygen atoms in total. The molecule has 0 unspecified atom stereocenters. The van der Waals surface area contributed by atoms with Gasteiger partial charge in [-0.15, -0.1) is 0 Å². The van der Waals surface area contributed by atoms with Crippen molar-refractivity contribution in [1.82, 2.24) is 15.3 Å². The van der Waals surface area contributed by atoms with E-state index in [-0.39, 0.29) is 5.97 Å². The van der Waals surface area contributed by atoms with Gasteiger partial charge in [0.15, 0.2) is 0 Å². The maximum atomic E-state index is 11.2. The van der Waals surface area contributed by atoms with Crippen LogP contribution in [0.5, 0.6) is 0 Å². The Hall–Kier alpha value is -2.27. The van der Waals surface area contributed by atoms with Crippen LogP contribution in [0.2, 0.25) is 0 Å². The van der Waals surface area contributed by atoms with Crippen LogP contribution in [-0.2, 0) is 17.8 Å². The van der Waals surface area contributed by atoms with Crippen LogP contribution in [0.3, 0.4) is 0 Å². The summed E-state index contributed by atoms with van der Waals surface area (Å²) in [5.74, 6) is -0.373. The van der Waals surface area contributed by atoms with Crippen LogP contribution in [0.4, 0.5) is 0 Å². The van der Waals surface area contributed by atoms with Gasteiger partial charge in [-0.1, -0.05) is 6.07 Å². The summed E-state index contributed by atoms with van der Waals surface area (Å²) >= 11 is 0. The van der Waals surface area contributed by atoms with Gasteiger partial charge < -0.3 is 10.1 Å². The summed E-state index contributed by atoms with van der Waals surface area (Å²) < 4.78 is 4.61. The van der Waals surface area contributed by atoms with Gasteiger partial charge in [0.2, 0.25) is 0 Å². The number of hydrogen-bond donors (Lipinski definition) is 1. The lowest BCUT2D eigenvalue weighted by atomic mass is 10.2. The molecule has 0 atom stereocenters. The van der Waals surface area contributed by atoms with E-state index in [0.717, 1.165) is 17.8 Å². The van der Waals surface area contributed by atoms with Crippen LogP contribution < -0.4 is 5.32 Å². The van der Waals surface area contributed by atoms with Crippen molar-refractivity contribution in [3.63, 3.8) is 0 Å². The highest BCUT2D eigenvalue weighted by atomic mass is 16.5. The van der Waals surface area contributed by atoms with E-state index < -0.39 is 0 Å². The molecule has 2 rings (SSSR count). The standard InChI is InChI=1S/C14H15N3O2/c1-19-14(18)12-4-5-13(17-9-12)10-16-8-11-3-2-6-15-7-11/h2-7,9,16H,8,10H2,1H3. The summed E-state index contributed by atoms with van der Waals surface area (Å²) in [4.78, 5) is 19.5. The van der Waals surface area contributed by atoms with Crippen molar-refractivity contribution >= 4 is 5.97 Å². The molecule has 0 aliphatic rings. The van der Waals surface area contributed by atoms with Gasteiger partial charge in [-0.2, -0.15) is 0 Å². The first-order valence-corrected chi connectivity index (χ1v) is 5.92. The number of aromatic nitrogens is 2. The maximum absolute atomic E-state index is 11.2. The Bertz CT molecular complexity index is 526. The van der Waals surface area contributed by atoms with E-state index in [0.29, 0.717) is 12.1 Å². The number of pyridine rings is 2. The number of nitrogens with zero attached hydrogens (tertiary/aromatic N) is 2. The monoisotopic (exact) mass is 257 g/mol. The molecule has 0 aromatic carbocycles. The second-order valence-corrected chi connectivity index (χ2v) is 3.99. The number of hydrogen-bond acceptors (Lipinski definition) is 5. The van der Waals surface area contributed by atoms with Gasteiger partial charge in [0.25, 0.3) is 0 Å². The molecule has 5 heteroatoms. The third kappa shape index (κ3) is 3.86. The average molecular weight is 257 g/mol. The van der Waals surface area contributed by atoms with Gasteiger partial charge in [-0.3, -0.25) is 9.97 Å². The smallest absolute Gasteiger partial charge is 0.339 e. The third-order valence-corrected chi connectivity index (χ3v) is 2.60. The molecule has 19 heavy (non-hydrogen) atoms. The van der Waals surface area contributed by atoms with E-state index >= 15 is 0 Å². The molecule has 98 valence electrons. The molecule has 0 fully saturated rings. The third-order valence-electron chi connectivity index (χ3n) is 2.60. The minimum absolute atomic E-state index is 0.373. The fraction of sp³-hybridized carbons (Fsp3) is 0.214. The van der Waals surface area contributed by atoms with E-state index in [1.807, 2.05) is 24.4 Å². The van der Waals surface area contributed by atoms with Gasteiger partial charge in [-0.25, -0.2) is 4.79 Å². The lowest BCUT2D eigenvalue weighted by molar-refractivity contribution is 0.0600. The van der Waals surface area contributed by atoms with Gasteiger partial charge in [0.05, 0.1) is 18.4 Å². The van der Waals surface area contributed by atoms with Crippen LogP contribution in [0.25, 0.3) is 0 Å². The minimum atomic E-state index is -0.373. The zero-order valence-corrected chi connectivity index (χ0v) is 10.7. The highest BCUT2D eigenvalue weighted by Gasteiger charge is 2.05. The number of ether oxygens (including phenoxy) is 1. The lowest BCUT2D eigenvalue weighted by Crippen LogP contribution is -2.14. The van der Waals surface area contributed by atoms with E-state index in [1.54, 1.807) is 12.3 Å². The number of methoxy groups -OCH3 is 1. The van der Waals surface area contributed by atoms with Crippen LogP contribution in [-0.4, -0.2) is 23.0 Å². The Labute approximate surface area is 111 Å². The number of rotatable bonds is 5. The Morgan fingerprint density at radius 1 is 1.26 bits per heavy atom. The van der Waals surface area contributed by atoms with Crippen molar-refractivity contribution in [2.75, 3.05) is 7.11 Å². The summed E-state index contributed by atoms with van der Waals surface area (Å²) in [7, 11) is 1.35. The molecular formula is C14H15N3O2. The molecule has 0 aliphatic heterocycles. The van der Waals surface area contributed by atoms with Crippen LogP contribution in [0, 0.1) is 0 Å². The number of esters is 1. The van der Waals surface area contributed by atoms with Crippen LogP contribution in [0.15, 0.2) is 42.9 Å². The largest absolute Gasteiger partial charge is 0.465 e. The Kier molecular flexibility index (Phi) is 4.58. The summed E-state index contributed by atoms with van der Waals surface area (Å²) in [6, 6.07) is 7.43. The normalized spacial score (nSPS) is 10.2. The number of nitrogens with one attached hydrogen (secondary N) is 1. The second kappa shape index (κ2) is 6.61. The number of carbonyl (C=O) groups excluding carboxylic acids is 1. The van der Waals surface area contributed by atoms with E-state index in [2.05, 4.69) is 20.0 Å². The Balaban J connectivity index is 1.85. The molecule has 2 aromatic rings. The molecule has 0 amide bonds. The lowest BCUT2D eigenvalue weighted by Gasteiger charge is -2.05. The minimum Gasteiger partial charge on any atom is -0.465 e. The zero-order valence-electron chi connectivity index (χ0n) is 10.7. The molecule has 0 bridgehead atoms. The van der Waals surface area contributed by atoms with Gasteiger partial charge >= 0.3 is 5.97 Å². The van der Waals surface area contributed by atoms with Gasteiger partial charge in [0, 0.05) is 31.7 Å². The van der Waals surface area contributed by atoms with Gasteiger partial charge in [0.1, 0.15) is 0 Å². The summed E-state index contributed by atoms with van der Waals surface area (Å²) in [6.45, 7) is 1.37. The first-order valence-electron chi connectivity index (χ1n) is 5.92. The highest BCUT2D eigenvalue weighted by Crippen LogP contribution is 2.02. The second-order valence-electron chi connectivity index (χ2n) is 3.99. The molecule has 0 spiro atoms. The first kappa shape index (κ1) is 13.2. The van der Waals surface area contributed by atoms with Crippen molar-refractivity contribution in [2.24, 2.45) is 0 Å². The van der Waals surface area contributed by atoms with Crippen molar-refractivity contribution in [1.29, 1.82) is 0 Å². The summed E-state index contributed by atoms with van der Waals surface area (Å²) in [5.41, 5.74) is 2.45. The highest BCUT2D eigenvalue weighted by molar-refractivity contribution is 5.88. The summed E-state index contributed by atoms with van der Waals surface area (Å²) in [6.07, 6.45) is 5.09. The molecule has 1 N–H and O–H groups in total. The van der Waals surface area contributed by atoms with Crippen molar-refractivity contribution < 1.29 is 9.53 Å². The Morgan fingerprint density at radius 2 is 2.16 bits per heavy atom. The number of carbonyl (C=O) groups is 1. The fourth-order valence-corrected chi connectivity index (χ4v) is 1.61. The molecule has 0 radical (unpaired) electrons. The fourth-order valence-electron chi connectivity index (χ4n) is 1.61. The Morgan fingerprint density at radius 3 is 2.79 bits per heavy atom. The van der Waals surface area contributed by atoms with Crippen molar-refractivity contribution in [3.05, 3.63) is 59.7 Å². The molecule has 0 saturated heterocycles. The topological polar surface area (TPSA) is 64.1 Å². The average Bonchev–Trinajstić information content (AvgIpc) is 2.48. The van der Waals surface area contributed by atoms with Crippen molar-refractivity contribution in [3.8, 4) is 0 Å². The zero-order chi connectivity index (χ0) is 13.5. The van der Waals surface area contributed by atoms with E-state index in [4.69, 9.17) is 0 Å². The molecular weight excluding hydrogens is 242 g/mol. The predicted octanol–water partition coefficient (Wildman–Crippen LogP) is 1.55. The molecule has 0 aliphatic carbocycles. The van der Waals surface area contributed by atoms with Crippen LogP contribution >= 0.6 is 0 Å². The maximum Gasteiger partial charge on any atom is 0.339 e. The SMILES string of the molecule is COC(=O)c1ccc(CNCc2cccnc2)nc1. The molecule has 2 heterocycles. The van der Waals surface area contributed by atoms with E-state index in [1.165, 1.54) is 13.3 Å². The van der Waals surface area contributed by atoms with Gasteiger partial charge in [-0.05, 0) is 23.8 Å².